The van der Waals surface area contributed by atoms with Gasteiger partial charge in [-0.15, -0.1) is 0 Å². The SMILES string of the molecule is COCCOCCCCNC(C)c1ccc(F)c(F)c1. The molecular formula is C15H23F2NO2. The molecule has 1 aromatic rings. The molecule has 0 radical (unpaired) electrons. The Morgan fingerprint density at radius 1 is 1.10 bits per heavy atom. The highest BCUT2D eigenvalue weighted by atomic mass is 19.2. The van der Waals surface area contributed by atoms with Gasteiger partial charge in [0, 0.05) is 19.8 Å². The molecular weight excluding hydrogens is 264 g/mol. The van der Waals surface area contributed by atoms with E-state index in [9.17, 15) is 8.78 Å². The molecule has 0 spiro atoms. The predicted molar refractivity (Wildman–Crippen MR) is 74.7 cm³/mol. The van der Waals surface area contributed by atoms with Gasteiger partial charge in [-0.05, 0) is 44.0 Å². The lowest BCUT2D eigenvalue weighted by Gasteiger charge is -2.14. The molecule has 20 heavy (non-hydrogen) atoms. The summed E-state index contributed by atoms with van der Waals surface area (Å²) in [5, 5.41) is 3.28. The van der Waals surface area contributed by atoms with E-state index in [4.69, 9.17) is 9.47 Å². The van der Waals surface area contributed by atoms with Crippen LogP contribution in [0.5, 0.6) is 0 Å². The van der Waals surface area contributed by atoms with Crippen LogP contribution < -0.4 is 5.32 Å². The van der Waals surface area contributed by atoms with Crippen molar-refractivity contribution in [2.24, 2.45) is 0 Å². The van der Waals surface area contributed by atoms with E-state index < -0.39 is 11.6 Å². The summed E-state index contributed by atoms with van der Waals surface area (Å²) in [4.78, 5) is 0. The third-order valence-corrected chi connectivity index (χ3v) is 3.04. The first-order valence-electron chi connectivity index (χ1n) is 6.90. The van der Waals surface area contributed by atoms with Crippen LogP contribution in [0.2, 0.25) is 0 Å². The van der Waals surface area contributed by atoms with Crippen molar-refractivity contribution < 1.29 is 18.3 Å². The van der Waals surface area contributed by atoms with Crippen LogP contribution in [-0.2, 0) is 9.47 Å². The van der Waals surface area contributed by atoms with Crippen LogP contribution in [0.1, 0.15) is 31.4 Å². The molecule has 1 rings (SSSR count). The Labute approximate surface area is 119 Å². The zero-order valence-electron chi connectivity index (χ0n) is 12.1. The van der Waals surface area contributed by atoms with Crippen molar-refractivity contribution in [2.75, 3.05) is 33.5 Å². The first-order valence-corrected chi connectivity index (χ1v) is 6.90. The van der Waals surface area contributed by atoms with Gasteiger partial charge in [-0.25, -0.2) is 8.78 Å². The summed E-state index contributed by atoms with van der Waals surface area (Å²) in [6.45, 7) is 4.70. The van der Waals surface area contributed by atoms with Crippen LogP contribution in [0.4, 0.5) is 8.78 Å². The summed E-state index contributed by atoms with van der Waals surface area (Å²) >= 11 is 0. The third kappa shape index (κ3) is 6.41. The highest BCUT2D eigenvalue weighted by Gasteiger charge is 2.08. The smallest absolute Gasteiger partial charge is 0.159 e. The van der Waals surface area contributed by atoms with Gasteiger partial charge >= 0.3 is 0 Å². The second-order valence-corrected chi connectivity index (χ2v) is 4.66. The second kappa shape index (κ2) is 9.80. The fourth-order valence-electron chi connectivity index (χ4n) is 1.79. The zero-order valence-corrected chi connectivity index (χ0v) is 12.1. The summed E-state index contributed by atoms with van der Waals surface area (Å²) in [6.07, 6.45) is 1.93. The van der Waals surface area contributed by atoms with Gasteiger partial charge in [-0.1, -0.05) is 6.07 Å². The van der Waals surface area contributed by atoms with Crippen molar-refractivity contribution in [3.63, 3.8) is 0 Å². The maximum absolute atomic E-state index is 13.1. The summed E-state index contributed by atoms with van der Waals surface area (Å²) in [5.74, 6) is -1.61. The number of halogens is 2. The molecule has 0 aliphatic carbocycles. The van der Waals surface area contributed by atoms with Gasteiger partial charge in [0.2, 0.25) is 0 Å². The van der Waals surface area contributed by atoms with Crippen LogP contribution in [-0.4, -0.2) is 33.5 Å². The molecule has 0 heterocycles. The Bertz CT molecular complexity index is 388. The van der Waals surface area contributed by atoms with Gasteiger partial charge in [-0.3, -0.25) is 0 Å². The standard InChI is InChI=1S/C15H23F2NO2/c1-12(13-5-6-14(16)15(17)11-13)18-7-3-4-8-20-10-9-19-2/h5-6,11-12,18H,3-4,7-10H2,1-2H3. The molecule has 0 aliphatic rings. The topological polar surface area (TPSA) is 30.5 Å². The molecule has 0 aromatic heterocycles. The monoisotopic (exact) mass is 287 g/mol. The van der Waals surface area contributed by atoms with Gasteiger partial charge in [-0.2, -0.15) is 0 Å². The lowest BCUT2D eigenvalue weighted by molar-refractivity contribution is 0.0687. The fraction of sp³-hybridized carbons (Fsp3) is 0.600. The second-order valence-electron chi connectivity index (χ2n) is 4.66. The molecule has 3 nitrogen and oxygen atoms in total. The van der Waals surface area contributed by atoms with Gasteiger partial charge in [0.1, 0.15) is 0 Å². The number of unbranched alkanes of at least 4 members (excludes halogenated alkanes) is 1. The van der Waals surface area contributed by atoms with E-state index >= 15 is 0 Å². The Morgan fingerprint density at radius 3 is 2.60 bits per heavy atom. The summed E-state index contributed by atoms with van der Waals surface area (Å²) < 4.78 is 36.1. The highest BCUT2D eigenvalue weighted by Crippen LogP contribution is 2.15. The van der Waals surface area contributed by atoms with E-state index in [1.165, 1.54) is 6.07 Å². The van der Waals surface area contributed by atoms with Crippen LogP contribution >= 0.6 is 0 Å². The largest absolute Gasteiger partial charge is 0.382 e. The van der Waals surface area contributed by atoms with E-state index in [0.717, 1.165) is 31.0 Å². The molecule has 1 aromatic carbocycles. The Kier molecular flexibility index (Phi) is 8.34. The molecule has 1 unspecified atom stereocenters. The van der Waals surface area contributed by atoms with Crippen LogP contribution in [0.25, 0.3) is 0 Å². The summed E-state index contributed by atoms with van der Waals surface area (Å²) in [5.41, 5.74) is 0.750. The van der Waals surface area contributed by atoms with Gasteiger partial charge in [0.05, 0.1) is 13.2 Å². The number of nitrogens with one attached hydrogen (secondary N) is 1. The van der Waals surface area contributed by atoms with Gasteiger partial charge < -0.3 is 14.8 Å². The maximum Gasteiger partial charge on any atom is 0.159 e. The molecule has 0 bridgehead atoms. The minimum atomic E-state index is -0.811. The Balaban J connectivity index is 2.13. The van der Waals surface area contributed by atoms with Crippen LogP contribution in [0.3, 0.4) is 0 Å². The zero-order chi connectivity index (χ0) is 14.8. The Morgan fingerprint density at radius 2 is 1.90 bits per heavy atom. The summed E-state index contributed by atoms with van der Waals surface area (Å²) in [6, 6.07) is 4.00. The molecule has 1 N–H and O–H groups in total. The maximum atomic E-state index is 13.1. The van der Waals surface area contributed by atoms with E-state index in [2.05, 4.69) is 5.32 Å². The number of hydrogen-bond donors (Lipinski definition) is 1. The Hall–Kier alpha value is -1.04. The normalized spacial score (nSPS) is 12.6. The lowest BCUT2D eigenvalue weighted by Crippen LogP contribution is -2.20. The molecule has 114 valence electrons. The van der Waals surface area contributed by atoms with E-state index in [-0.39, 0.29) is 6.04 Å². The molecule has 5 heteroatoms. The number of benzene rings is 1. The third-order valence-electron chi connectivity index (χ3n) is 3.04. The molecule has 0 fully saturated rings. The highest BCUT2D eigenvalue weighted by molar-refractivity contribution is 5.20. The molecule has 0 saturated heterocycles. The minimum Gasteiger partial charge on any atom is -0.382 e. The van der Waals surface area contributed by atoms with E-state index in [1.54, 1.807) is 13.2 Å². The number of rotatable bonds is 10. The molecule has 0 aliphatic heterocycles. The van der Waals surface area contributed by atoms with Crippen molar-refractivity contribution in [3.8, 4) is 0 Å². The minimum absolute atomic E-state index is 0.000454. The van der Waals surface area contributed by atoms with Crippen molar-refractivity contribution in [2.45, 2.75) is 25.8 Å². The van der Waals surface area contributed by atoms with Gasteiger partial charge in [0.15, 0.2) is 11.6 Å². The van der Waals surface area contributed by atoms with E-state index in [1.807, 2.05) is 6.92 Å². The number of ether oxygens (including phenoxy) is 2. The molecule has 0 amide bonds. The van der Waals surface area contributed by atoms with Crippen LogP contribution in [0, 0.1) is 11.6 Å². The van der Waals surface area contributed by atoms with Crippen molar-refractivity contribution in [3.05, 3.63) is 35.4 Å². The van der Waals surface area contributed by atoms with Crippen molar-refractivity contribution in [1.29, 1.82) is 0 Å². The van der Waals surface area contributed by atoms with Gasteiger partial charge in [0.25, 0.3) is 0 Å². The average molecular weight is 287 g/mol. The number of methoxy groups -OCH3 is 1. The lowest BCUT2D eigenvalue weighted by atomic mass is 10.1. The first kappa shape index (κ1) is 17.0. The molecule has 1 atom stereocenters. The fourth-order valence-corrected chi connectivity index (χ4v) is 1.79. The quantitative estimate of drug-likeness (QED) is 0.671. The number of hydrogen-bond acceptors (Lipinski definition) is 3. The van der Waals surface area contributed by atoms with Crippen LogP contribution in [0.15, 0.2) is 18.2 Å². The molecule has 0 saturated carbocycles. The van der Waals surface area contributed by atoms with E-state index in [0.29, 0.717) is 19.8 Å². The first-order chi connectivity index (χ1) is 9.65. The van der Waals surface area contributed by atoms with Crippen molar-refractivity contribution >= 4 is 0 Å². The van der Waals surface area contributed by atoms with Crippen molar-refractivity contribution in [1.82, 2.24) is 5.32 Å². The average Bonchev–Trinajstić information content (AvgIpc) is 2.44. The predicted octanol–water partition coefficient (Wildman–Crippen LogP) is 3.06. The summed E-state index contributed by atoms with van der Waals surface area (Å²) in [7, 11) is 1.65.